The summed E-state index contributed by atoms with van der Waals surface area (Å²) in [5.41, 5.74) is 0. The first-order chi connectivity index (χ1) is 14.6. The van der Waals surface area contributed by atoms with Crippen molar-refractivity contribution < 1.29 is 33.8 Å². The summed E-state index contributed by atoms with van der Waals surface area (Å²) in [4.78, 5) is 48.7. The van der Waals surface area contributed by atoms with E-state index < -0.39 is 41.3 Å². The SMILES string of the molecule is C=CCOC(=O)C(=O)N1C(=O)C([C@H](C)O)C1SC(=O)C1CCCO1.CC(C)(C)S(C)(C)C. The van der Waals surface area contributed by atoms with Crippen molar-refractivity contribution in [2.24, 2.45) is 5.92 Å². The van der Waals surface area contributed by atoms with Gasteiger partial charge in [-0.05, 0) is 43.3 Å². The lowest BCUT2D eigenvalue weighted by Gasteiger charge is -2.45. The largest absolute Gasteiger partial charge is 0.454 e. The van der Waals surface area contributed by atoms with Crippen molar-refractivity contribution in [3.8, 4) is 0 Å². The second kappa shape index (κ2) is 11.7. The molecule has 0 spiro atoms. The molecule has 0 aliphatic carbocycles. The molecule has 0 radical (unpaired) electrons. The molecular formula is C22H37NO7S2. The Morgan fingerprint density at radius 2 is 1.91 bits per heavy atom. The number of ether oxygens (including phenoxy) is 2. The molecule has 0 aromatic carbocycles. The van der Waals surface area contributed by atoms with Crippen molar-refractivity contribution in [1.29, 1.82) is 0 Å². The lowest BCUT2D eigenvalue weighted by molar-refractivity contribution is -0.174. The molecule has 8 nitrogen and oxygen atoms in total. The highest BCUT2D eigenvalue weighted by Gasteiger charge is 2.56. The summed E-state index contributed by atoms with van der Waals surface area (Å²) < 4.78 is 10.4. The van der Waals surface area contributed by atoms with Crippen LogP contribution in [0.3, 0.4) is 0 Å². The molecule has 3 unspecified atom stereocenters. The summed E-state index contributed by atoms with van der Waals surface area (Å²) >= 11 is 0.734. The molecule has 2 aliphatic heterocycles. The number of esters is 1. The van der Waals surface area contributed by atoms with Gasteiger partial charge in [-0.3, -0.25) is 19.3 Å². The van der Waals surface area contributed by atoms with Gasteiger partial charge in [-0.2, -0.15) is 0 Å². The van der Waals surface area contributed by atoms with E-state index in [1.54, 1.807) is 0 Å². The van der Waals surface area contributed by atoms with Gasteiger partial charge in [0.2, 0.25) is 11.0 Å². The maximum Gasteiger partial charge on any atom is 0.397 e. The molecule has 0 bridgehead atoms. The zero-order valence-corrected chi connectivity index (χ0v) is 21.7. The molecule has 32 heavy (non-hydrogen) atoms. The third-order valence-corrected chi connectivity index (χ3v) is 10.5. The number of nitrogens with zero attached hydrogens (tertiary/aromatic N) is 1. The zero-order chi connectivity index (χ0) is 24.9. The van der Waals surface area contributed by atoms with Crippen LogP contribution in [0.15, 0.2) is 12.7 Å². The van der Waals surface area contributed by atoms with Crippen LogP contribution in [-0.2, 0) is 28.7 Å². The van der Waals surface area contributed by atoms with E-state index in [0.29, 0.717) is 22.7 Å². The van der Waals surface area contributed by atoms with Gasteiger partial charge in [-0.1, -0.05) is 45.2 Å². The van der Waals surface area contributed by atoms with Crippen LogP contribution < -0.4 is 0 Å². The molecule has 1 N–H and O–H groups in total. The van der Waals surface area contributed by atoms with Gasteiger partial charge in [-0.25, -0.2) is 14.8 Å². The fraction of sp³-hybridized carbons (Fsp3) is 0.727. The minimum Gasteiger partial charge on any atom is -0.454 e. The molecule has 10 heteroatoms. The first kappa shape index (κ1) is 28.7. The molecule has 0 aromatic rings. The third kappa shape index (κ3) is 7.33. The van der Waals surface area contributed by atoms with E-state index in [1.165, 1.54) is 13.0 Å². The van der Waals surface area contributed by atoms with E-state index >= 15 is 0 Å². The summed E-state index contributed by atoms with van der Waals surface area (Å²) in [6.07, 6.45) is 8.03. The molecule has 2 saturated heterocycles. The van der Waals surface area contributed by atoms with E-state index in [2.05, 4.69) is 50.9 Å². The number of imide groups is 1. The molecule has 2 heterocycles. The van der Waals surface area contributed by atoms with E-state index in [-0.39, 0.29) is 21.8 Å². The van der Waals surface area contributed by atoms with Crippen molar-refractivity contribution in [1.82, 2.24) is 4.90 Å². The zero-order valence-electron chi connectivity index (χ0n) is 20.1. The van der Waals surface area contributed by atoms with Gasteiger partial charge < -0.3 is 14.6 Å². The Bertz CT molecular complexity index is 707. The van der Waals surface area contributed by atoms with Crippen LogP contribution in [0.5, 0.6) is 0 Å². The highest BCUT2D eigenvalue weighted by molar-refractivity contribution is 8.33. The van der Waals surface area contributed by atoms with Crippen molar-refractivity contribution in [2.45, 2.75) is 62.9 Å². The van der Waals surface area contributed by atoms with Gasteiger partial charge >= 0.3 is 11.9 Å². The van der Waals surface area contributed by atoms with Gasteiger partial charge in [0.25, 0.3) is 0 Å². The number of hydrogen-bond donors (Lipinski definition) is 1. The number of likely N-dealkylation sites (tertiary alicyclic amines) is 1. The van der Waals surface area contributed by atoms with Gasteiger partial charge in [0.1, 0.15) is 18.1 Å². The average molecular weight is 492 g/mol. The van der Waals surface area contributed by atoms with Crippen molar-refractivity contribution in [2.75, 3.05) is 32.0 Å². The van der Waals surface area contributed by atoms with Crippen LogP contribution in [0.2, 0.25) is 0 Å². The van der Waals surface area contributed by atoms with Crippen LogP contribution in [0.1, 0.15) is 40.5 Å². The smallest absolute Gasteiger partial charge is 0.397 e. The lowest BCUT2D eigenvalue weighted by atomic mass is 9.92. The maximum atomic E-state index is 12.2. The number of rotatable bonds is 5. The summed E-state index contributed by atoms with van der Waals surface area (Å²) in [5.74, 6) is -4.00. The topological polar surface area (TPSA) is 110 Å². The summed E-state index contributed by atoms with van der Waals surface area (Å²) in [6.45, 7) is 12.0. The number of aliphatic hydroxyl groups excluding tert-OH is 1. The van der Waals surface area contributed by atoms with E-state index in [0.717, 1.165) is 18.2 Å². The Morgan fingerprint density at radius 3 is 2.31 bits per heavy atom. The Morgan fingerprint density at radius 1 is 1.34 bits per heavy atom. The molecule has 4 atom stereocenters. The fourth-order valence-corrected chi connectivity index (χ4v) is 3.90. The lowest BCUT2D eigenvalue weighted by Crippen LogP contribution is -2.66. The first-order valence-corrected chi connectivity index (χ1v) is 14.2. The third-order valence-electron chi connectivity index (χ3n) is 5.60. The number of carbonyl (C=O) groups excluding carboxylic acids is 4. The number of amides is 2. The quantitative estimate of drug-likeness (QED) is 0.270. The number of hydrogen-bond acceptors (Lipinski definition) is 8. The molecular weight excluding hydrogens is 454 g/mol. The molecule has 2 amide bonds. The van der Waals surface area contributed by atoms with Gasteiger partial charge in [-0.15, -0.1) is 0 Å². The normalized spacial score (nSPS) is 24.6. The Labute approximate surface area is 196 Å². The highest BCUT2D eigenvalue weighted by Crippen LogP contribution is 2.48. The second-order valence-electron chi connectivity index (χ2n) is 9.45. The van der Waals surface area contributed by atoms with Gasteiger partial charge in [0.15, 0.2) is 0 Å². The number of thioether (sulfide) groups is 1. The molecule has 2 fully saturated rings. The number of carbonyl (C=O) groups is 4. The van der Waals surface area contributed by atoms with Crippen molar-refractivity contribution >= 4 is 44.7 Å². The van der Waals surface area contributed by atoms with E-state index in [9.17, 15) is 24.3 Å². The average Bonchev–Trinajstić information content (AvgIpc) is 3.19. The minimum absolute atomic E-state index is 0.168. The van der Waals surface area contributed by atoms with Gasteiger partial charge in [0.05, 0.1) is 12.0 Å². The summed E-state index contributed by atoms with van der Waals surface area (Å²) in [6, 6.07) is 0. The molecule has 2 rings (SSSR count). The van der Waals surface area contributed by atoms with Crippen LogP contribution >= 0.6 is 21.8 Å². The summed E-state index contributed by atoms with van der Waals surface area (Å²) in [5, 5.41) is 8.45. The highest BCUT2D eigenvalue weighted by atomic mass is 32.3. The van der Waals surface area contributed by atoms with Crippen LogP contribution in [-0.4, -0.2) is 87.2 Å². The van der Waals surface area contributed by atoms with Crippen molar-refractivity contribution in [3.05, 3.63) is 12.7 Å². The molecule has 0 aromatic heterocycles. The second-order valence-corrected chi connectivity index (χ2v) is 15.5. The van der Waals surface area contributed by atoms with E-state index in [4.69, 9.17) is 4.74 Å². The monoisotopic (exact) mass is 491 g/mol. The molecule has 184 valence electrons. The number of aliphatic hydroxyl groups is 1. The minimum atomic E-state index is -1.21. The van der Waals surface area contributed by atoms with Crippen LogP contribution in [0.25, 0.3) is 0 Å². The predicted octanol–water partition coefficient (Wildman–Crippen LogP) is 2.33. The first-order valence-electron chi connectivity index (χ1n) is 10.5. The Kier molecular flexibility index (Phi) is 10.5. The maximum absolute atomic E-state index is 12.2. The fourth-order valence-electron chi connectivity index (χ4n) is 2.53. The summed E-state index contributed by atoms with van der Waals surface area (Å²) in [7, 11) is -0.340. The van der Waals surface area contributed by atoms with E-state index in [1.807, 2.05) is 0 Å². The van der Waals surface area contributed by atoms with Crippen LogP contribution in [0.4, 0.5) is 0 Å². The van der Waals surface area contributed by atoms with Crippen molar-refractivity contribution in [3.63, 3.8) is 0 Å². The number of β-lactam (4-membered cyclic amide) rings is 1. The Balaban J connectivity index is 0.000000547. The molecule has 0 saturated carbocycles. The standard InChI is InChI=1S/C15H19NO7S.C7H18S/c1-3-6-23-14(20)12(19)16-11(18)10(8(2)17)13(16)24-15(21)9-5-4-7-22-9;1-7(2,3)8(4,5)6/h3,8-10,13,17H,1,4-7H2,2H3;1-6H3/t8-,9?,10?,13?;/m0./s1. The predicted molar refractivity (Wildman–Crippen MR) is 129 cm³/mol. The molecule has 2 aliphatic rings. The van der Waals surface area contributed by atoms with Gasteiger partial charge in [0, 0.05) is 6.61 Å². The van der Waals surface area contributed by atoms with Crippen LogP contribution in [0, 0.1) is 5.92 Å². The Hall–Kier alpha value is -1.36.